The average Bonchev–Trinajstić information content (AvgIpc) is 3.00. The smallest absolute Gasteiger partial charge is 0.194 e. The lowest BCUT2D eigenvalue weighted by Crippen LogP contribution is -2.17. The lowest BCUT2D eigenvalue weighted by Gasteiger charge is -2.17. The summed E-state index contributed by atoms with van der Waals surface area (Å²) in [6.07, 6.45) is 4.89. The van der Waals surface area contributed by atoms with Crippen molar-refractivity contribution in [3.8, 4) is 5.82 Å². The third-order valence-corrected chi connectivity index (χ3v) is 6.28. The maximum absolute atomic E-state index is 13.1. The molecule has 0 saturated heterocycles. The van der Waals surface area contributed by atoms with Crippen LogP contribution >= 0.6 is 47.8 Å². The van der Waals surface area contributed by atoms with Crippen LogP contribution in [0.4, 0.5) is 5.69 Å². The van der Waals surface area contributed by atoms with Crippen LogP contribution in [0.25, 0.3) is 5.82 Å². The minimum Gasteiger partial charge on any atom is -0.359 e. The van der Waals surface area contributed by atoms with E-state index in [0.717, 1.165) is 48.3 Å². The van der Waals surface area contributed by atoms with Crippen LogP contribution in [0.15, 0.2) is 61.7 Å². The number of aromatic nitrogens is 3. The SMILES string of the molecule is Cc1nn(-c2ccccn2)c2c1C(=O)/C(=C\Nc1c(Br)cc(Br)cc1Br)CC2. The Bertz CT molecular complexity index is 1080. The van der Waals surface area contributed by atoms with E-state index in [1.54, 1.807) is 17.1 Å². The second-order valence-electron chi connectivity index (χ2n) is 6.39. The van der Waals surface area contributed by atoms with Crippen LogP contribution in [0.5, 0.6) is 0 Å². The summed E-state index contributed by atoms with van der Waals surface area (Å²) in [5, 5.41) is 7.83. The molecule has 1 aliphatic carbocycles. The molecule has 0 bridgehead atoms. The molecule has 3 aromatic rings. The molecule has 0 fully saturated rings. The molecule has 2 aromatic heterocycles. The van der Waals surface area contributed by atoms with Crippen molar-refractivity contribution in [2.45, 2.75) is 19.8 Å². The molecule has 0 unspecified atom stereocenters. The Labute approximate surface area is 187 Å². The van der Waals surface area contributed by atoms with Crippen LogP contribution < -0.4 is 5.32 Å². The molecular weight excluding hydrogens is 552 g/mol. The van der Waals surface area contributed by atoms with Gasteiger partial charge < -0.3 is 5.32 Å². The van der Waals surface area contributed by atoms with E-state index in [0.29, 0.717) is 12.0 Å². The molecule has 0 spiro atoms. The zero-order chi connectivity index (χ0) is 19.8. The first-order valence-electron chi connectivity index (χ1n) is 8.60. The molecule has 2 heterocycles. The van der Waals surface area contributed by atoms with Gasteiger partial charge in [0.05, 0.1) is 22.6 Å². The number of carbonyl (C=O) groups excluding carboxylic acids is 1. The predicted molar refractivity (Wildman–Crippen MR) is 120 cm³/mol. The minimum atomic E-state index is 0.0118. The molecule has 1 aliphatic rings. The first-order chi connectivity index (χ1) is 13.5. The van der Waals surface area contributed by atoms with E-state index in [1.807, 2.05) is 37.3 Å². The summed E-state index contributed by atoms with van der Waals surface area (Å²) in [7, 11) is 0. The first-order valence-corrected chi connectivity index (χ1v) is 11.0. The number of benzene rings is 1. The van der Waals surface area contributed by atoms with Crippen molar-refractivity contribution in [2.75, 3.05) is 5.32 Å². The summed E-state index contributed by atoms with van der Waals surface area (Å²) in [5.74, 6) is 0.741. The van der Waals surface area contributed by atoms with Gasteiger partial charge in [0.15, 0.2) is 11.6 Å². The topological polar surface area (TPSA) is 59.8 Å². The van der Waals surface area contributed by atoms with Gasteiger partial charge in [-0.2, -0.15) is 5.10 Å². The van der Waals surface area contributed by atoms with Gasteiger partial charge in [-0.25, -0.2) is 9.67 Å². The number of pyridine rings is 1. The Kier molecular flexibility index (Phi) is 5.53. The highest BCUT2D eigenvalue weighted by Gasteiger charge is 2.29. The highest BCUT2D eigenvalue weighted by molar-refractivity contribution is 9.11. The third kappa shape index (κ3) is 3.60. The summed E-state index contributed by atoms with van der Waals surface area (Å²) in [6, 6.07) is 9.58. The Morgan fingerprint density at radius 3 is 2.57 bits per heavy atom. The van der Waals surface area contributed by atoms with Crippen LogP contribution in [0.3, 0.4) is 0 Å². The van der Waals surface area contributed by atoms with Gasteiger partial charge in [0.2, 0.25) is 0 Å². The summed E-state index contributed by atoms with van der Waals surface area (Å²) in [6.45, 7) is 1.87. The molecule has 0 saturated carbocycles. The maximum Gasteiger partial charge on any atom is 0.194 e. The van der Waals surface area contributed by atoms with Crippen molar-refractivity contribution >= 4 is 59.3 Å². The van der Waals surface area contributed by atoms with Crippen molar-refractivity contribution in [1.29, 1.82) is 0 Å². The van der Waals surface area contributed by atoms with E-state index < -0.39 is 0 Å². The fourth-order valence-corrected chi connectivity index (χ4v) is 5.76. The zero-order valence-corrected chi connectivity index (χ0v) is 19.6. The predicted octanol–water partition coefficient (Wildman–Crippen LogP) is 5.99. The molecule has 0 atom stereocenters. The van der Waals surface area contributed by atoms with Gasteiger partial charge in [0.1, 0.15) is 0 Å². The summed E-state index contributed by atoms with van der Waals surface area (Å²) >= 11 is 10.6. The number of allylic oxidation sites excluding steroid dienone is 1. The number of hydrogen-bond donors (Lipinski definition) is 1. The molecular formula is C20H15Br3N4O. The number of fused-ring (bicyclic) bond motifs is 1. The quantitative estimate of drug-likeness (QED) is 0.396. The lowest BCUT2D eigenvalue weighted by atomic mass is 9.90. The number of carbonyl (C=O) groups is 1. The van der Waals surface area contributed by atoms with Gasteiger partial charge in [-0.1, -0.05) is 22.0 Å². The Hall–Kier alpha value is -1.77. The number of aryl methyl sites for hydroxylation is 1. The van der Waals surface area contributed by atoms with E-state index in [4.69, 9.17) is 0 Å². The molecule has 4 rings (SSSR count). The summed E-state index contributed by atoms with van der Waals surface area (Å²) in [4.78, 5) is 17.5. The highest BCUT2D eigenvalue weighted by Crippen LogP contribution is 2.35. The lowest BCUT2D eigenvalue weighted by molar-refractivity contribution is 0.102. The number of rotatable bonds is 3. The number of nitrogens with zero attached hydrogens (tertiary/aromatic N) is 3. The largest absolute Gasteiger partial charge is 0.359 e. The average molecular weight is 567 g/mol. The molecule has 1 aromatic carbocycles. The van der Waals surface area contributed by atoms with Crippen LogP contribution in [0, 0.1) is 6.92 Å². The van der Waals surface area contributed by atoms with E-state index in [-0.39, 0.29) is 5.78 Å². The van der Waals surface area contributed by atoms with Gasteiger partial charge in [0.25, 0.3) is 0 Å². The third-order valence-electron chi connectivity index (χ3n) is 4.57. The van der Waals surface area contributed by atoms with Crippen molar-refractivity contribution in [1.82, 2.24) is 14.8 Å². The summed E-state index contributed by atoms with van der Waals surface area (Å²) < 4.78 is 4.54. The molecule has 142 valence electrons. The number of ketones is 1. The second kappa shape index (κ2) is 7.93. The maximum atomic E-state index is 13.1. The van der Waals surface area contributed by atoms with Gasteiger partial charge in [-0.15, -0.1) is 0 Å². The van der Waals surface area contributed by atoms with Crippen molar-refractivity contribution in [3.63, 3.8) is 0 Å². The highest BCUT2D eigenvalue weighted by atomic mass is 79.9. The number of halogens is 3. The van der Waals surface area contributed by atoms with Crippen molar-refractivity contribution in [3.05, 3.63) is 78.7 Å². The second-order valence-corrected chi connectivity index (χ2v) is 9.02. The summed E-state index contributed by atoms with van der Waals surface area (Å²) in [5.41, 5.74) is 3.93. The number of nitrogens with one attached hydrogen (secondary N) is 1. The molecule has 28 heavy (non-hydrogen) atoms. The Balaban J connectivity index is 1.66. The molecule has 8 heteroatoms. The van der Waals surface area contributed by atoms with Gasteiger partial charge in [-0.05, 0) is 75.9 Å². The Morgan fingerprint density at radius 2 is 1.89 bits per heavy atom. The first kappa shape index (κ1) is 19.5. The van der Waals surface area contributed by atoms with E-state index in [9.17, 15) is 4.79 Å². The monoisotopic (exact) mass is 564 g/mol. The van der Waals surface area contributed by atoms with Crippen LogP contribution in [0.1, 0.15) is 28.2 Å². The standard InChI is InChI=1S/C20H15Br3N4O/c1-11-18-16(27(26-11)17-4-2-3-7-24-17)6-5-12(20(18)28)10-25-19-14(22)8-13(21)9-15(19)23/h2-4,7-10,25H,5-6H2,1H3/b12-10-. The number of Topliss-reactive ketones (excluding diaryl/α,β-unsaturated/α-hetero) is 1. The van der Waals surface area contributed by atoms with E-state index >= 15 is 0 Å². The van der Waals surface area contributed by atoms with Crippen LogP contribution in [-0.2, 0) is 6.42 Å². The fourth-order valence-electron chi connectivity index (χ4n) is 3.27. The Morgan fingerprint density at radius 1 is 1.14 bits per heavy atom. The van der Waals surface area contributed by atoms with Gasteiger partial charge in [0, 0.05) is 31.4 Å². The number of hydrogen-bond acceptors (Lipinski definition) is 4. The molecule has 0 radical (unpaired) electrons. The van der Waals surface area contributed by atoms with Crippen molar-refractivity contribution < 1.29 is 4.79 Å². The molecule has 5 nitrogen and oxygen atoms in total. The van der Waals surface area contributed by atoms with Crippen LogP contribution in [0.2, 0.25) is 0 Å². The van der Waals surface area contributed by atoms with Crippen molar-refractivity contribution in [2.24, 2.45) is 0 Å². The van der Waals surface area contributed by atoms with E-state index in [1.165, 1.54) is 0 Å². The van der Waals surface area contributed by atoms with Crippen LogP contribution in [-0.4, -0.2) is 20.5 Å². The van der Waals surface area contributed by atoms with E-state index in [2.05, 4.69) is 63.2 Å². The van der Waals surface area contributed by atoms with Gasteiger partial charge >= 0.3 is 0 Å². The molecule has 1 N–H and O–H groups in total. The molecule has 0 aliphatic heterocycles. The normalized spacial score (nSPS) is 15.0. The minimum absolute atomic E-state index is 0.0118. The zero-order valence-electron chi connectivity index (χ0n) is 14.8. The molecule has 0 amide bonds. The fraction of sp³-hybridized carbons (Fsp3) is 0.150. The van der Waals surface area contributed by atoms with Gasteiger partial charge in [-0.3, -0.25) is 4.79 Å². The number of anilines is 1.